The van der Waals surface area contributed by atoms with E-state index in [1.165, 1.54) is 0 Å². The number of fused-ring (bicyclic) bond motifs is 1. The fourth-order valence-corrected chi connectivity index (χ4v) is 1.70. The molecule has 0 unspecified atom stereocenters. The molecular formula is C10H10N2O3. The van der Waals surface area contributed by atoms with Gasteiger partial charge in [0.15, 0.2) is 6.04 Å². The molecule has 2 atom stereocenters. The summed E-state index contributed by atoms with van der Waals surface area (Å²) < 4.78 is 0. The number of amides is 1. The highest BCUT2D eigenvalue weighted by Crippen LogP contribution is 2.27. The Morgan fingerprint density at radius 1 is 1.33 bits per heavy atom. The van der Waals surface area contributed by atoms with Crippen LogP contribution in [0.15, 0.2) is 24.3 Å². The number of rotatable bonds is 1. The van der Waals surface area contributed by atoms with Crippen molar-refractivity contribution in [3.8, 4) is 0 Å². The lowest BCUT2D eigenvalue weighted by Crippen LogP contribution is -2.44. The van der Waals surface area contributed by atoms with Crippen LogP contribution in [-0.4, -0.2) is 17.0 Å². The Hall–Kier alpha value is -1.88. The second kappa shape index (κ2) is 3.36. The van der Waals surface area contributed by atoms with Crippen molar-refractivity contribution in [2.24, 2.45) is 5.73 Å². The molecule has 15 heavy (non-hydrogen) atoms. The van der Waals surface area contributed by atoms with Crippen LogP contribution in [0.1, 0.15) is 23.2 Å². The molecule has 0 saturated heterocycles. The molecule has 4 N–H and O–H groups in total. The number of carbonyl (C=O) groups is 2. The summed E-state index contributed by atoms with van der Waals surface area (Å²) in [4.78, 5) is 22.3. The Kier molecular flexibility index (Phi) is 2.17. The van der Waals surface area contributed by atoms with Gasteiger partial charge >= 0.3 is 5.97 Å². The summed E-state index contributed by atoms with van der Waals surface area (Å²) in [5, 5.41) is 11.3. The van der Waals surface area contributed by atoms with Crippen molar-refractivity contribution >= 4 is 11.9 Å². The van der Waals surface area contributed by atoms with Gasteiger partial charge in [-0.1, -0.05) is 24.3 Å². The van der Waals surface area contributed by atoms with E-state index >= 15 is 0 Å². The van der Waals surface area contributed by atoms with Crippen LogP contribution in [0.5, 0.6) is 0 Å². The predicted molar refractivity (Wildman–Crippen MR) is 51.9 cm³/mol. The van der Waals surface area contributed by atoms with E-state index < -0.39 is 24.0 Å². The smallest absolute Gasteiger partial charge is 0.330 e. The molecule has 0 bridgehead atoms. The Morgan fingerprint density at radius 3 is 2.53 bits per heavy atom. The summed E-state index contributed by atoms with van der Waals surface area (Å²) in [6.45, 7) is 0. The first kappa shape index (κ1) is 9.67. The lowest BCUT2D eigenvalue weighted by atomic mass is 9.91. The first-order valence-electron chi connectivity index (χ1n) is 4.49. The number of nitrogens with two attached hydrogens (primary N) is 1. The highest BCUT2D eigenvalue weighted by molar-refractivity contribution is 5.91. The molecule has 0 radical (unpaired) electrons. The minimum absolute atomic E-state index is 0.457. The summed E-state index contributed by atoms with van der Waals surface area (Å²) in [6, 6.07) is 5.02. The van der Waals surface area contributed by atoms with Crippen LogP contribution < -0.4 is 11.1 Å². The fourth-order valence-electron chi connectivity index (χ4n) is 1.70. The van der Waals surface area contributed by atoms with E-state index in [-0.39, 0.29) is 0 Å². The van der Waals surface area contributed by atoms with Gasteiger partial charge in [-0.15, -0.1) is 0 Å². The largest absolute Gasteiger partial charge is 0.479 e. The number of nitrogens with one attached hydrogen (secondary N) is 1. The van der Waals surface area contributed by atoms with Crippen LogP contribution in [-0.2, 0) is 9.59 Å². The maximum absolute atomic E-state index is 11.4. The Morgan fingerprint density at radius 2 is 1.93 bits per heavy atom. The second-order valence-electron chi connectivity index (χ2n) is 3.39. The molecule has 1 heterocycles. The van der Waals surface area contributed by atoms with E-state index in [4.69, 9.17) is 10.8 Å². The average Bonchev–Trinajstić information content (AvgIpc) is 2.23. The number of hydrogen-bond donors (Lipinski definition) is 3. The van der Waals surface area contributed by atoms with Gasteiger partial charge in [0.25, 0.3) is 0 Å². The molecule has 0 spiro atoms. The van der Waals surface area contributed by atoms with Crippen LogP contribution in [0.2, 0.25) is 0 Å². The number of benzene rings is 1. The molecule has 0 aliphatic carbocycles. The van der Waals surface area contributed by atoms with Crippen molar-refractivity contribution in [2.45, 2.75) is 12.1 Å². The first-order valence-corrected chi connectivity index (χ1v) is 4.49. The lowest BCUT2D eigenvalue weighted by molar-refractivity contribution is -0.142. The fraction of sp³-hybridized carbons (Fsp3) is 0.200. The van der Waals surface area contributed by atoms with E-state index in [2.05, 4.69) is 5.32 Å². The molecule has 0 aromatic heterocycles. The Balaban J connectivity index is 2.54. The summed E-state index contributed by atoms with van der Waals surface area (Å²) in [5.74, 6) is -1.54. The summed E-state index contributed by atoms with van der Waals surface area (Å²) >= 11 is 0. The van der Waals surface area contributed by atoms with E-state index in [1.807, 2.05) is 0 Å². The van der Waals surface area contributed by atoms with Gasteiger partial charge < -0.3 is 16.2 Å². The average molecular weight is 206 g/mol. The number of hydrogen-bond acceptors (Lipinski definition) is 3. The van der Waals surface area contributed by atoms with Crippen molar-refractivity contribution in [3.05, 3.63) is 35.4 Å². The van der Waals surface area contributed by atoms with Gasteiger partial charge in [0.05, 0.1) is 0 Å². The molecule has 1 aromatic rings. The molecule has 1 aliphatic rings. The molecular weight excluding hydrogens is 196 g/mol. The highest BCUT2D eigenvalue weighted by Gasteiger charge is 2.34. The van der Waals surface area contributed by atoms with Gasteiger partial charge in [-0.3, -0.25) is 4.79 Å². The molecule has 1 aliphatic heterocycles. The minimum atomic E-state index is -1.08. The molecule has 0 saturated carbocycles. The van der Waals surface area contributed by atoms with Crippen molar-refractivity contribution in [3.63, 3.8) is 0 Å². The highest BCUT2D eigenvalue weighted by atomic mass is 16.4. The summed E-state index contributed by atoms with van der Waals surface area (Å²) in [6.07, 6.45) is 0. The monoisotopic (exact) mass is 206 g/mol. The number of aliphatic carboxylic acids is 1. The molecule has 1 amide bonds. The molecule has 1 aromatic carbocycles. The predicted octanol–water partition coefficient (Wildman–Crippen LogP) is -0.0581. The second-order valence-corrected chi connectivity index (χ2v) is 3.39. The van der Waals surface area contributed by atoms with Gasteiger partial charge in [-0.25, -0.2) is 4.79 Å². The quantitative estimate of drug-likeness (QED) is 0.600. The minimum Gasteiger partial charge on any atom is -0.479 e. The van der Waals surface area contributed by atoms with Gasteiger partial charge in [-0.2, -0.15) is 0 Å². The van der Waals surface area contributed by atoms with E-state index in [1.54, 1.807) is 24.3 Å². The van der Waals surface area contributed by atoms with Gasteiger partial charge in [0, 0.05) is 0 Å². The standard InChI is InChI=1S/C10H10N2O3/c11-7-5-3-1-2-4-6(5)8(10(14)15)12-9(7)13/h1-4,7-8H,11H2,(H,12,13)(H,14,15)/t7-,8-/m1/s1. The van der Waals surface area contributed by atoms with Crippen molar-refractivity contribution < 1.29 is 14.7 Å². The van der Waals surface area contributed by atoms with E-state index in [9.17, 15) is 9.59 Å². The third kappa shape index (κ3) is 1.46. The zero-order valence-electron chi connectivity index (χ0n) is 7.81. The molecule has 2 rings (SSSR count). The van der Waals surface area contributed by atoms with Crippen LogP contribution in [0.25, 0.3) is 0 Å². The van der Waals surface area contributed by atoms with Crippen LogP contribution in [0.4, 0.5) is 0 Å². The van der Waals surface area contributed by atoms with Gasteiger partial charge in [0.2, 0.25) is 5.91 Å². The maximum Gasteiger partial charge on any atom is 0.330 e. The van der Waals surface area contributed by atoms with E-state index in [0.29, 0.717) is 11.1 Å². The molecule has 5 nitrogen and oxygen atoms in total. The van der Waals surface area contributed by atoms with Crippen LogP contribution in [0.3, 0.4) is 0 Å². The normalized spacial score (nSPS) is 24.2. The Bertz CT molecular complexity index is 430. The third-order valence-corrected chi connectivity index (χ3v) is 2.46. The first-order chi connectivity index (χ1) is 7.11. The number of carboxylic acids is 1. The van der Waals surface area contributed by atoms with Gasteiger partial charge in [-0.05, 0) is 11.1 Å². The zero-order chi connectivity index (χ0) is 11.0. The summed E-state index contributed by atoms with van der Waals surface area (Å²) in [5.41, 5.74) is 6.78. The van der Waals surface area contributed by atoms with Gasteiger partial charge in [0.1, 0.15) is 6.04 Å². The number of carboxylic acid groups (broad SMARTS) is 1. The summed E-state index contributed by atoms with van der Waals surface area (Å²) in [7, 11) is 0. The molecule has 0 fully saturated rings. The van der Waals surface area contributed by atoms with E-state index in [0.717, 1.165) is 0 Å². The van der Waals surface area contributed by atoms with Crippen molar-refractivity contribution in [2.75, 3.05) is 0 Å². The topological polar surface area (TPSA) is 92.4 Å². The Labute approximate surface area is 85.9 Å². The van der Waals surface area contributed by atoms with Crippen molar-refractivity contribution in [1.29, 1.82) is 0 Å². The SMILES string of the molecule is N[C@H]1C(=O)N[C@@H](C(=O)O)c2ccccc21. The van der Waals surface area contributed by atoms with Crippen LogP contribution in [0, 0.1) is 0 Å². The lowest BCUT2D eigenvalue weighted by Gasteiger charge is -2.27. The maximum atomic E-state index is 11.4. The van der Waals surface area contributed by atoms with Crippen molar-refractivity contribution in [1.82, 2.24) is 5.32 Å². The zero-order valence-corrected chi connectivity index (χ0v) is 7.81. The molecule has 5 heteroatoms. The third-order valence-electron chi connectivity index (χ3n) is 2.46. The molecule has 78 valence electrons. The van der Waals surface area contributed by atoms with Crippen LogP contribution >= 0.6 is 0 Å². The number of carbonyl (C=O) groups excluding carboxylic acids is 1.